The van der Waals surface area contributed by atoms with Crippen LogP contribution in [-0.4, -0.2) is 17.6 Å². The number of hydrogen-bond donors (Lipinski definition) is 1. The van der Waals surface area contributed by atoms with E-state index < -0.39 is 6.10 Å². The zero-order valence-corrected chi connectivity index (χ0v) is 12.3. The fraction of sp³-hybridized carbons (Fsp3) is 0.278. The molecule has 1 aliphatic heterocycles. The van der Waals surface area contributed by atoms with Crippen molar-refractivity contribution in [1.29, 1.82) is 0 Å². The lowest BCUT2D eigenvalue weighted by atomic mass is 9.95. The minimum Gasteiger partial charge on any atom is -0.384 e. The zero-order valence-electron chi connectivity index (χ0n) is 12.3. The number of amides is 1. The third-order valence-corrected chi connectivity index (χ3v) is 4.19. The Morgan fingerprint density at radius 1 is 1.14 bits per heavy atom. The van der Waals surface area contributed by atoms with Crippen molar-refractivity contribution in [3.8, 4) is 0 Å². The number of nitrogens with zero attached hydrogens (tertiary/aromatic N) is 1. The van der Waals surface area contributed by atoms with Gasteiger partial charge in [0, 0.05) is 12.2 Å². The molecule has 1 N–H and O–H groups in total. The Hall–Kier alpha value is -2.13. The van der Waals surface area contributed by atoms with E-state index in [2.05, 4.69) is 0 Å². The molecule has 2 aromatic carbocycles. The van der Waals surface area contributed by atoms with Crippen LogP contribution in [0.1, 0.15) is 42.6 Å². The van der Waals surface area contributed by atoms with Crippen molar-refractivity contribution in [1.82, 2.24) is 0 Å². The highest BCUT2D eigenvalue weighted by molar-refractivity contribution is 6.04. The van der Waals surface area contributed by atoms with E-state index in [0.29, 0.717) is 6.54 Å². The quantitative estimate of drug-likeness (QED) is 0.938. The van der Waals surface area contributed by atoms with Crippen LogP contribution in [0.3, 0.4) is 0 Å². The summed E-state index contributed by atoms with van der Waals surface area (Å²) in [6, 6.07) is 15.4. The first-order valence-corrected chi connectivity index (χ1v) is 7.31. The normalized spacial score (nSPS) is 18.7. The van der Waals surface area contributed by atoms with Crippen molar-refractivity contribution in [2.45, 2.75) is 25.9 Å². The van der Waals surface area contributed by atoms with E-state index >= 15 is 0 Å². The molecule has 0 spiro atoms. The standard InChI is InChI=1S/C18H19NO2/c1-3-19-16-10-9-14(11-15(16)12(2)18(19)21)17(20)13-7-5-4-6-8-13/h4-12,17,20H,3H2,1-2H3. The van der Waals surface area contributed by atoms with Gasteiger partial charge in [0.1, 0.15) is 6.10 Å². The predicted molar refractivity (Wildman–Crippen MR) is 83.4 cm³/mol. The van der Waals surface area contributed by atoms with Gasteiger partial charge >= 0.3 is 0 Å². The van der Waals surface area contributed by atoms with Crippen LogP contribution >= 0.6 is 0 Å². The number of hydrogen-bond acceptors (Lipinski definition) is 2. The van der Waals surface area contributed by atoms with Crippen LogP contribution in [0.5, 0.6) is 0 Å². The fourth-order valence-electron chi connectivity index (χ4n) is 2.98. The number of carbonyl (C=O) groups is 1. The molecular weight excluding hydrogens is 262 g/mol. The molecular formula is C18H19NO2. The summed E-state index contributed by atoms with van der Waals surface area (Å²) in [5.74, 6) is 0.00160. The van der Waals surface area contributed by atoms with Gasteiger partial charge in [0.2, 0.25) is 5.91 Å². The molecule has 2 atom stereocenters. The van der Waals surface area contributed by atoms with Gasteiger partial charge in [0.05, 0.1) is 5.92 Å². The molecule has 3 heteroatoms. The largest absolute Gasteiger partial charge is 0.384 e. The lowest BCUT2D eigenvalue weighted by Gasteiger charge is -2.16. The Morgan fingerprint density at radius 2 is 1.86 bits per heavy atom. The van der Waals surface area contributed by atoms with E-state index in [1.54, 1.807) is 4.90 Å². The smallest absolute Gasteiger partial charge is 0.234 e. The lowest BCUT2D eigenvalue weighted by molar-refractivity contribution is -0.118. The minimum absolute atomic E-state index is 0.136. The van der Waals surface area contributed by atoms with Crippen LogP contribution < -0.4 is 4.90 Å². The Kier molecular flexibility index (Phi) is 3.52. The summed E-state index contributed by atoms with van der Waals surface area (Å²) < 4.78 is 0. The average Bonchev–Trinajstić information content (AvgIpc) is 2.78. The minimum atomic E-state index is -0.658. The number of fused-ring (bicyclic) bond motifs is 1. The van der Waals surface area contributed by atoms with E-state index in [4.69, 9.17) is 0 Å². The van der Waals surface area contributed by atoms with E-state index in [1.165, 1.54) is 0 Å². The second-order valence-electron chi connectivity index (χ2n) is 5.44. The number of rotatable bonds is 3. The lowest BCUT2D eigenvalue weighted by Crippen LogP contribution is -2.27. The van der Waals surface area contributed by atoms with E-state index in [-0.39, 0.29) is 11.8 Å². The molecule has 108 valence electrons. The Morgan fingerprint density at radius 3 is 2.52 bits per heavy atom. The first kappa shape index (κ1) is 13.8. The summed E-state index contributed by atoms with van der Waals surface area (Å²) >= 11 is 0. The topological polar surface area (TPSA) is 40.5 Å². The van der Waals surface area contributed by atoms with Gasteiger partial charge in [-0.05, 0) is 42.7 Å². The molecule has 0 aromatic heterocycles. The van der Waals surface area contributed by atoms with Gasteiger partial charge < -0.3 is 10.0 Å². The van der Waals surface area contributed by atoms with Crippen LogP contribution in [0.4, 0.5) is 5.69 Å². The maximum atomic E-state index is 12.2. The van der Waals surface area contributed by atoms with Crippen LogP contribution in [0.25, 0.3) is 0 Å². The summed E-state index contributed by atoms with van der Waals surface area (Å²) in [5.41, 5.74) is 3.67. The maximum absolute atomic E-state index is 12.2. The predicted octanol–water partition coefficient (Wildman–Crippen LogP) is 3.24. The highest BCUT2D eigenvalue weighted by Gasteiger charge is 2.33. The van der Waals surface area contributed by atoms with Crippen molar-refractivity contribution in [2.24, 2.45) is 0 Å². The molecule has 0 bridgehead atoms. The fourth-order valence-corrected chi connectivity index (χ4v) is 2.98. The zero-order chi connectivity index (χ0) is 15.0. The molecule has 2 unspecified atom stereocenters. The summed E-state index contributed by atoms with van der Waals surface area (Å²) in [6.45, 7) is 4.58. The highest BCUT2D eigenvalue weighted by atomic mass is 16.3. The van der Waals surface area contributed by atoms with E-state index in [9.17, 15) is 9.90 Å². The highest BCUT2D eigenvalue weighted by Crippen LogP contribution is 2.39. The Balaban J connectivity index is 2.00. The van der Waals surface area contributed by atoms with Crippen LogP contribution in [0.2, 0.25) is 0 Å². The number of benzene rings is 2. The van der Waals surface area contributed by atoms with Crippen molar-refractivity contribution in [2.75, 3.05) is 11.4 Å². The molecule has 0 saturated carbocycles. The number of anilines is 1. The van der Waals surface area contributed by atoms with Gasteiger partial charge in [-0.1, -0.05) is 36.4 Å². The number of likely N-dealkylation sites (N-methyl/N-ethyl adjacent to an activating group) is 1. The van der Waals surface area contributed by atoms with Crippen molar-refractivity contribution in [3.63, 3.8) is 0 Å². The third-order valence-electron chi connectivity index (χ3n) is 4.19. The molecule has 21 heavy (non-hydrogen) atoms. The second-order valence-corrected chi connectivity index (χ2v) is 5.44. The number of aliphatic hydroxyl groups is 1. The molecule has 1 amide bonds. The Labute approximate surface area is 124 Å². The molecule has 3 rings (SSSR count). The second kappa shape index (κ2) is 5.34. The summed E-state index contributed by atoms with van der Waals surface area (Å²) in [7, 11) is 0. The first-order chi connectivity index (χ1) is 10.1. The summed E-state index contributed by atoms with van der Waals surface area (Å²) in [4.78, 5) is 14.0. The van der Waals surface area contributed by atoms with Gasteiger partial charge in [-0.15, -0.1) is 0 Å². The molecule has 0 saturated heterocycles. The molecule has 2 aromatic rings. The average molecular weight is 281 g/mol. The molecule has 1 heterocycles. The molecule has 3 nitrogen and oxygen atoms in total. The van der Waals surface area contributed by atoms with Crippen LogP contribution in [-0.2, 0) is 4.79 Å². The monoisotopic (exact) mass is 281 g/mol. The Bertz CT molecular complexity index is 666. The van der Waals surface area contributed by atoms with E-state index in [0.717, 1.165) is 22.4 Å². The third kappa shape index (κ3) is 2.24. The molecule has 0 aliphatic carbocycles. The molecule has 0 radical (unpaired) electrons. The van der Waals surface area contributed by atoms with Gasteiger partial charge in [-0.2, -0.15) is 0 Å². The first-order valence-electron chi connectivity index (χ1n) is 7.31. The van der Waals surface area contributed by atoms with Crippen molar-refractivity contribution < 1.29 is 9.90 Å². The van der Waals surface area contributed by atoms with Gasteiger partial charge in [-0.25, -0.2) is 0 Å². The van der Waals surface area contributed by atoms with Crippen molar-refractivity contribution >= 4 is 11.6 Å². The molecule has 1 aliphatic rings. The van der Waals surface area contributed by atoms with Gasteiger partial charge in [0.15, 0.2) is 0 Å². The van der Waals surface area contributed by atoms with E-state index in [1.807, 2.05) is 62.4 Å². The molecule has 0 fully saturated rings. The number of carbonyl (C=O) groups excluding carboxylic acids is 1. The van der Waals surface area contributed by atoms with Crippen LogP contribution in [0.15, 0.2) is 48.5 Å². The SMILES string of the molecule is CCN1C(=O)C(C)c2cc(C(O)c3ccccc3)ccc21. The maximum Gasteiger partial charge on any atom is 0.234 e. The number of aliphatic hydroxyl groups excluding tert-OH is 1. The summed E-state index contributed by atoms with van der Waals surface area (Å²) in [5, 5.41) is 10.5. The van der Waals surface area contributed by atoms with Gasteiger partial charge in [-0.3, -0.25) is 4.79 Å². The van der Waals surface area contributed by atoms with Crippen molar-refractivity contribution in [3.05, 3.63) is 65.2 Å². The summed E-state index contributed by atoms with van der Waals surface area (Å²) in [6.07, 6.45) is -0.658. The van der Waals surface area contributed by atoms with Crippen LogP contribution in [0, 0.1) is 0 Å². The van der Waals surface area contributed by atoms with Gasteiger partial charge in [0.25, 0.3) is 0 Å².